The van der Waals surface area contributed by atoms with Crippen LogP contribution in [0.25, 0.3) is 28.1 Å². The molecule has 2 N–H and O–H groups in total. The van der Waals surface area contributed by atoms with Crippen molar-refractivity contribution in [3.05, 3.63) is 82.2 Å². The number of aromatic nitrogens is 6. The van der Waals surface area contributed by atoms with Gasteiger partial charge in [-0.2, -0.15) is 10.2 Å². The largest absolute Gasteiger partial charge is 0.388 e. The molecular weight excluding hydrogens is 418 g/mol. The minimum Gasteiger partial charge on any atom is -0.388 e. The Morgan fingerprint density at radius 3 is 2.85 bits per heavy atom. The summed E-state index contributed by atoms with van der Waals surface area (Å²) in [6.45, 7) is 0. The average molecular weight is 439 g/mol. The monoisotopic (exact) mass is 439 g/mol. The van der Waals surface area contributed by atoms with Gasteiger partial charge in [-0.25, -0.2) is 14.8 Å². The number of hydrogen-bond acceptors (Lipinski definition) is 6. The first kappa shape index (κ1) is 20.6. The third-order valence-electron chi connectivity index (χ3n) is 5.88. The van der Waals surface area contributed by atoms with Crippen LogP contribution < -0.4 is 5.69 Å². The fourth-order valence-electron chi connectivity index (χ4n) is 4.08. The highest BCUT2D eigenvalue weighted by atomic mass is 16.3. The third-order valence-corrected chi connectivity index (χ3v) is 5.88. The fraction of sp³-hybridized carbons (Fsp3) is 0.208. The molecule has 5 aromatic rings. The van der Waals surface area contributed by atoms with Gasteiger partial charge in [0.25, 0.3) is 0 Å². The van der Waals surface area contributed by atoms with Crippen molar-refractivity contribution in [3.63, 3.8) is 0 Å². The van der Waals surface area contributed by atoms with Crippen LogP contribution in [0, 0.1) is 11.3 Å². The van der Waals surface area contributed by atoms with E-state index in [0.29, 0.717) is 22.7 Å². The van der Waals surface area contributed by atoms with Crippen molar-refractivity contribution in [2.75, 3.05) is 0 Å². The number of benzene rings is 2. The van der Waals surface area contributed by atoms with Crippen molar-refractivity contribution in [3.8, 4) is 12.0 Å². The van der Waals surface area contributed by atoms with Crippen LogP contribution >= 0.6 is 0 Å². The summed E-state index contributed by atoms with van der Waals surface area (Å²) in [5, 5.41) is 18.6. The van der Waals surface area contributed by atoms with Gasteiger partial charge in [-0.15, -0.1) is 0 Å². The van der Waals surface area contributed by atoms with Gasteiger partial charge in [0.1, 0.15) is 11.8 Å². The highest BCUT2D eigenvalue weighted by Crippen LogP contribution is 2.28. The van der Waals surface area contributed by atoms with Crippen molar-refractivity contribution in [1.29, 1.82) is 5.26 Å². The van der Waals surface area contributed by atoms with Gasteiger partial charge >= 0.3 is 5.69 Å². The van der Waals surface area contributed by atoms with E-state index in [-0.39, 0.29) is 11.8 Å². The molecule has 0 aliphatic heterocycles. The van der Waals surface area contributed by atoms with Crippen LogP contribution in [-0.2, 0) is 13.5 Å². The number of imidazole rings is 2. The van der Waals surface area contributed by atoms with E-state index in [0.717, 1.165) is 35.9 Å². The second-order valence-electron chi connectivity index (χ2n) is 7.93. The first-order valence-corrected chi connectivity index (χ1v) is 10.6. The number of aryl methyl sites for hydroxylation is 2. The smallest absolute Gasteiger partial charge is 0.327 e. The summed E-state index contributed by atoms with van der Waals surface area (Å²) >= 11 is 0. The SMILES string of the molecule is Cn1c(=O)[nH]c2nc(-n3cnc4ccc(C#N)cc43)ncc21.O[C@@H]1CCCc2ccccc21. The molecule has 1 atom stereocenters. The molecule has 0 unspecified atom stereocenters. The van der Waals surface area contributed by atoms with Crippen LogP contribution in [0.15, 0.2) is 59.8 Å². The molecule has 0 bridgehead atoms. The van der Waals surface area contributed by atoms with Crippen LogP contribution in [-0.4, -0.2) is 34.2 Å². The van der Waals surface area contributed by atoms with Gasteiger partial charge in [0.05, 0.1) is 35.0 Å². The van der Waals surface area contributed by atoms with Crippen LogP contribution in [0.5, 0.6) is 0 Å². The summed E-state index contributed by atoms with van der Waals surface area (Å²) in [7, 11) is 1.65. The van der Waals surface area contributed by atoms with E-state index in [4.69, 9.17) is 5.26 Å². The van der Waals surface area contributed by atoms with Gasteiger partial charge in [-0.05, 0) is 48.6 Å². The molecule has 2 aromatic carbocycles. The maximum Gasteiger partial charge on any atom is 0.327 e. The lowest BCUT2D eigenvalue weighted by molar-refractivity contribution is 0.156. The normalized spacial score (nSPS) is 15.0. The maximum atomic E-state index is 11.6. The molecule has 9 heteroatoms. The zero-order valence-electron chi connectivity index (χ0n) is 17.9. The lowest BCUT2D eigenvalue weighted by Crippen LogP contribution is -2.11. The van der Waals surface area contributed by atoms with Crippen molar-refractivity contribution < 1.29 is 5.11 Å². The Labute approximate surface area is 188 Å². The number of aliphatic hydroxyl groups is 1. The Hall–Kier alpha value is -4.29. The highest BCUT2D eigenvalue weighted by molar-refractivity contribution is 5.79. The lowest BCUT2D eigenvalue weighted by Gasteiger charge is -2.20. The second kappa shape index (κ2) is 8.33. The van der Waals surface area contributed by atoms with E-state index in [1.54, 1.807) is 42.3 Å². The molecule has 6 rings (SSSR count). The summed E-state index contributed by atoms with van der Waals surface area (Å²) in [4.78, 5) is 27.2. The summed E-state index contributed by atoms with van der Waals surface area (Å²) in [5.74, 6) is 0.381. The lowest BCUT2D eigenvalue weighted by atomic mass is 9.90. The number of aromatic amines is 1. The Morgan fingerprint density at radius 1 is 1.18 bits per heavy atom. The standard InChI is InChI=1S/C14H9N7O.C10H12O/c1-20-11-6-16-13(18-12(11)19-14(20)22)21-7-17-9-3-2-8(5-15)4-10(9)21;11-10-7-3-5-8-4-1-2-6-9(8)10/h2-4,6-7H,1H3,(H,16,18,19,22);1-2,4,6,10-11H,3,5,7H2/t;10-/m.1/s1. The zero-order chi connectivity index (χ0) is 22.9. The Bertz CT molecular complexity index is 1570. The topological polar surface area (TPSA) is 125 Å². The molecule has 164 valence electrons. The van der Waals surface area contributed by atoms with Gasteiger partial charge in [0.2, 0.25) is 5.95 Å². The molecule has 3 heterocycles. The van der Waals surface area contributed by atoms with Gasteiger partial charge in [0, 0.05) is 7.05 Å². The van der Waals surface area contributed by atoms with Crippen molar-refractivity contribution in [1.82, 2.24) is 29.1 Å². The molecule has 0 saturated heterocycles. The van der Waals surface area contributed by atoms with Crippen LogP contribution in [0.3, 0.4) is 0 Å². The molecule has 9 nitrogen and oxygen atoms in total. The van der Waals surface area contributed by atoms with Crippen LogP contribution in [0.2, 0.25) is 0 Å². The third kappa shape index (κ3) is 3.77. The minimum absolute atomic E-state index is 0.208. The molecule has 0 saturated carbocycles. The van der Waals surface area contributed by atoms with Crippen LogP contribution in [0.1, 0.15) is 35.6 Å². The number of aliphatic hydroxyl groups excluding tert-OH is 1. The number of H-pyrrole nitrogens is 1. The number of rotatable bonds is 1. The molecule has 0 spiro atoms. The number of nitrogens with one attached hydrogen (secondary N) is 1. The summed E-state index contributed by atoms with van der Waals surface area (Å²) in [6, 6.07) is 15.5. The first-order valence-electron chi connectivity index (χ1n) is 10.6. The van der Waals surface area contributed by atoms with Crippen molar-refractivity contribution in [2.24, 2.45) is 7.05 Å². The van der Waals surface area contributed by atoms with Crippen molar-refractivity contribution in [2.45, 2.75) is 25.4 Å². The van der Waals surface area contributed by atoms with E-state index in [2.05, 4.69) is 32.1 Å². The maximum absolute atomic E-state index is 11.6. The van der Waals surface area contributed by atoms with E-state index >= 15 is 0 Å². The predicted octanol–water partition coefficient (Wildman–Crippen LogP) is 2.92. The number of nitrogens with zero attached hydrogens (tertiary/aromatic N) is 6. The van der Waals surface area contributed by atoms with E-state index < -0.39 is 0 Å². The van der Waals surface area contributed by atoms with Gasteiger partial charge in [0.15, 0.2) is 5.65 Å². The van der Waals surface area contributed by atoms with E-state index in [1.165, 1.54) is 10.1 Å². The van der Waals surface area contributed by atoms with Crippen LogP contribution in [0.4, 0.5) is 0 Å². The van der Waals surface area contributed by atoms with Crippen molar-refractivity contribution >= 4 is 22.2 Å². The molecule has 3 aromatic heterocycles. The predicted molar refractivity (Wildman–Crippen MR) is 123 cm³/mol. The zero-order valence-corrected chi connectivity index (χ0v) is 17.9. The molecule has 1 aliphatic rings. The first-order chi connectivity index (χ1) is 16.0. The average Bonchev–Trinajstić information content (AvgIpc) is 3.39. The minimum atomic E-state index is -0.247. The Kier molecular flexibility index (Phi) is 5.20. The summed E-state index contributed by atoms with van der Waals surface area (Å²) in [5.41, 5.74) is 5.30. The molecule has 0 fully saturated rings. The fourth-order valence-corrected chi connectivity index (χ4v) is 4.08. The van der Waals surface area contributed by atoms with Gasteiger partial charge in [-0.3, -0.25) is 14.1 Å². The number of hydrogen-bond donors (Lipinski definition) is 2. The Balaban J connectivity index is 0.000000174. The molecule has 0 amide bonds. The molecular formula is C24H21N7O2. The quantitative estimate of drug-likeness (QED) is 0.414. The summed E-state index contributed by atoms with van der Waals surface area (Å²) < 4.78 is 3.12. The van der Waals surface area contributed by atoms with E-state index in [1.807, 2.05) is 18.2 Å². The highest BCUT2D eigenvalue weighted by Gasteiger charge is 2.16. The Morgan fingerprint density at radius 2 is 2.03 bits per heavy atom. The number of fused-ring (bicyclic) bond motifs is 3. The molecule has 1 aliphatic carbocycles. The summed E-state index contributed by atoms with van der Waals surface area (Å²) in [6.07, 6.45) is 6.14. The number of nitriles is 1. The van der Waals surface area contributed by atoms with Gasteiger partial charge in [-0.1, -0.05) is 24.3 Å². The van der Waals surface area contributed by atoms with E-state index in [9.17, 15) is 9.90 Å². The molecule has 0 radical (unpaired) electrons. The molecule has 33 heavy (non-hydrogen) atoms. The van der Waals surface area contributed by atoms with Gasteiger partial charge < -0.3 is 5.11 Å². The second-order valence-corrected chi connectivity index (χ2v) is 7.93.